The number of carbonyl (C=O) groups excluding carboxylic acids is 2. The molecular weight excluding hydrogens is 388 g/mol. The van der Waals surface area contributed by atoms with E-state index in [0.29, 0.717) is 16.6 Å². The largest absolute Gasteiger partial charge is 0.306 e. The average Bonchev–Trinajstić information content (AvgIpc) is 3.21. The maximum atomic E-state index is 12.6. The minimum atomic E-state index is -0.421. The predicted molar refractivity (Wildman–Crippen MR) is 113 cm³/mol. The van der Waals surface area contributed by atoms with Crippen LogP contribution in [0.1, 0.15) is 30.2 Å². The van der Waals surface area contributed by atoms with Crippen LogP contribution in [0.4, 0.5) is 10.9 Å². The van der Waals surface area contributed by atoms with Gasteiger partial charge in [0.15, 0.2) is 10.9 Å². The third-order valence-electron chi connectivity index (χ3n) is 4.17. The summed E-state index contributed by atoms with van der Waals surface area (Å²) in [5.41, 5.74) is 2.05. The number of amides is 2. The summed E-state index contributed by atoms with van der Waals surface area (Å²) in [5, 5.41) is 5.98. The first-order valence-electron chi connectivity index (χ1n) is 8.96. The van der Waals surface area contributed by atoms with Gasteiger partial charge >= 0.3 is 0 Å². The van der Waals surface area contributed by atoms with E-state index in [-0.39, 0.29) is 11.8 Å². The molecule has 0 aliphatic rings. The number of rotatable bonds is 7. The van der Waals surface area contributed by atoms with E-state index < -0.39 is 5.92 Å². The smallest absolute Gasteiger partial charge is 0.248 e. The van der Waals surface area contributed by atoms with Crippen LogP contribution in [-0.4, -0.2) is 31.8 Å². The lowest BCUT2D eigenvalue weighted by atomic mass is 10.0. The molecule has 0 aromatic carbocycles. The molecule has 29 heavy (non-hydrogen) atoms. The molecule has 3 aromatic rings. The van der Waals surface area contributed by atoms with Crippen molar-refractivity contribution in [3.05, 3.63) is 60.1 Å². The Morgan fingerprint density at radius 3 is 2.62 bits per heavy atom. The fraction of sp³-hybridized carbons (Fsp3) is 0.200. The van der Waals surface area contributed by atoms with E-state index in [1.54, 1.807) is 18.6 Å². The highest BCUT2D eigenvalue weighted by Crippen LogP contribution is 2.24. The van der Waals surface area contributed by atoms with E-state index in [4.69, 9.17) is 0 Å². The number of hydrogen-bond donors (Lipinski definition) is 2. The van der Waals surface area contributed by atoms with Gasteiger partial charge in [0.05, 0.1) is 24.0 Å². The first-order chi connectivity index (χ1) is 14.0. The summed E-state index contributed by atoms with van der Waals surface area (Å²) in [5.74, 6) is -0.614. The molecule has 8 nitrogen and oxygen atoms in total. The Morgan fingerprint density at radius 1 is 1.14 bits per heavy atom. The van der Waals surface area contributed by atoms with Crippen LogP contribution in [-0.2, 0) is 16.0 Å². The Balaban J connectivity index is 1.73. The van der Waals surface area contributed by atoms with Gasteiger partial charge in [-0.25, -0.2) is 9.97 Å². The molecule has 0 aliphatic carbocycles. The lowest BCUT2D eigenvalue weighted by molar-refractivity contribution is -0.117. The molecule has 0 fully saturated rings. The lowest BCUT2D eigenvalue weighted by Gasteiger charge is -2.12. The van der Waals surface area contributed by atoms with E-state index in [1.807, 2.05) is 19.9 Å². The number of carbonyl (C=O) groups is 2. The van der Waals surface area contributed by atoms with Crippen LogP contribution in [0.3, 0.4) is 0 Å². The molecule has 3 heterocycles. The molecule has 0 radical (unpaired) electrons. The second-order valence-corrected chi connectivity index (χ2v) is 7.30. The predicted octanol–water partition coefficient (Wildman–Crippen LogP) is 3.42. The van der Waals surface area contributed by atoms with Gasteiger partial charge < -0.3 is 10.6 Å². The normalized spacial score (nSPS) is 11.5. The molecule has 1 atom stereocenters. The van der Waals surface area contributed by atoms with Crippen LogP contribution in [0.25, 0.3) is 11.3 Å². The number of nitrogens with zero attached hydrogens (tertiary/aromatic N) is 4. The summed E-state index contributed by atoms with van der Waals surface area (Å²) in [6.07, 6.45) is 10.1. The highest BCUT2D eigenvalue weighted by atomic mass is 32.1. The van der Waals surface area contributed by atoms with Gasteiger partial charge in [-0.3, -0.25) is 19.6 Å². The number of hydrogen-bond acceptors (Lipinski definition) is 7. The quantitative estimate of drug-likeness (QED) is 0.580. The molecule has 3 rings (SSSR count). The van der Waals surface area contributed by atoms with Gasteiger partial charge in [0.2, 0.25) is 11.8 Å². The van der Waals surface area contributed by atoms with Crippen LogP contribution in [0, 0.1) is 0 Å². The van der Waals surface area contributed by atoms with Crippen molar-refractivity contribution >= 4 is 34.1 Å². The molecule has 1 unspecified atom stereocenters. The molecule has 2 amide bonds. The van der Waals surface area contributed by atoms with Gasteiger partial charge in [0, 0.05) is 29.0 Å². The molecule has 3 aromatic heterocycles. The topological polar surface area (TPSA) is 110 Å². The van der Waals surface area contributed by atoms with Crippen molar-refractivity contribution in [3.63, 3.8) is 0 Å². The molecule has 2 N–H and O–H groups in total. The van der Waals surface area contributed by atoms with E-state index >= 15 is 0 Å². The fourth-order valence-electron chi connectivity index (χ4n) is 2.45. The molecule has 0 bridgehead atoms. The Labute approximate surface area is 172 Å². The first-order valence-corrected chi connectivity index (χ1v) is 9.78. The summed E-state index contributed by atoms with van der Waals surface area (Å²) in [4.78, 5) is 41.9. The van der Waals surface area contributed by atoms with Crippen molar-refractivity contribution in [3.8, 4) is 11.3 Å². The van der Waals surface area contributed by atoms with Crippen molar-refractivity contribution in [2.45, 2.75) is 26.2 Å². The van der Waals surface area contributed by atoms with Crippen LogP contribution >= 0.6 is 11.3 Å². The fourth-order valence-corrected chi connectivity index (χ4v) is 3.20. The second kappa shape index (κ2) is 9.16. The maximum absolute atomic E-state index is 12.6. The number of anilines is 2. The molecule has 0 spiro atoms. The minimum absolute atomic E-state index is 0.158. The molecule has 0 aliphatic heterocycles. The van der Waals surface area contributed by atoms with E-state index in [2.05, 4.69) is 37.1 Å². The van der Waals surface area contributed by atoms with E-state index in [1.165, 1.54) is 23.7 Å². The summed E-state index contributed by atoms with van der Waals surface area (Å²) in [7, 11) is 0. The molecular formula is C20H20N6O2S. The second-order valence-electron chi connectivity index (χ2n) is 6.18. The third kappa shape index (κ3) is 5.08. The van der Waals surface area contributed by atoms with E-state index in [0.717, 1.165) is 28.5 Å². The van der Waals surface area contributed by atoms with Crippen LogP contribution in [0.5, 0.6) is 0 Å². The van der Waals surface area contributed by atoms with Gasteiger partial charge in [0.1, 0.15) is 0 Å². The Hall–Kier alpha value is -3.46. The summed E-state index contributed by atoms with van der Waals surface area (Å²) < 4.78 is 0. The zero-order valence-electron chi connectivity index (χ0n) is 16.0. The number of nitrogens with one attached hydrogen (secondary N) is 2. The first kappa shape index (κ1) is 20.3. The number of aromatic nitrogens is 4. The van der Waals surface area contributed by atoms with Gasteiger partial charge in [-0.15, -0.1) is 11.3 Å². The van der Waals surface area contributed by atoms with Crippen molar-refractivity contribution in [2.75, 3.05) is 10.6 Å². The van der Waals surface area contributed by atoms with Crippen molar-refractivity contribution < 1.29 is 9.59 Å². The van der Waals surface area contributed by atoms with Gasteiger partial charge in [-0.2, -0.15) is 0 Å². The van der Waals surface area contributed by atoms with Gasteiger partial charge in [-0.05, 0) is 31.1 Å². The SMILES string of the molecule is C=CC(=O)Nc1cnc(-c2cncc(C(C)C(=O)Nc3ncc(CC)s3)c2)cn1. The Bertz CT molecular complexity index is 1030. The standard InChI is InChI=1S/C20H20N6O2S/c1-4-15-9-24-20(29-15)26-19(28)12(3)13-6-14(8-21-7-13)16-10-23-17(11-22-16)25-18(27)5-2/h5-12H,2,4H2,1,3H3,(H,23,25,27)(H,24,26,28). The van der Waals surface area contributed by atoms with Crippen LogP contribution in [0.2, 0.25) is 0 Å². The summed E-state index contributed by atoms with van der Waals surface area (Å²) in [6, 6.07) is 1.85. The van der Waals surface area contributed by atoms with Crippen LogP contribution < -0.4 is 10.6 Å². The third-order valence-corrected chi connectivity index (χ3v) is 5.23. The Morgan fingerprint density at radius 2 is 1.97 bits per heavy atom. The van der Waals surface area contributed by atoms with Crippen LogP contribution in [0.15, 0.2) is 49.7 Å². The molecule has 0 saturated carbocycles. The highest BCUT2D eigenvalue weighted by molar-refractivity contribution is 7.15. The zero-order valence-corrected chi connectivity index (χ0v) is 16.9. The van der Waals surface area contributed by atoms with Crippen molar-refractivity contribution in [1.29, 1.82) is 0 Å². The zero-order chi connectivity index (χ0) is 20.8. The molecule has 0 saturated heterocycles. The van der Waals surface area contributed by atoms with Gasteiger partial charge in [-0.1, -0.05) is 13.5 Å². The van der Waals surface area contributed by atoms with E-state index in [9.17, 15) is 9.59 Å². The lowest BCUT2D eigenvalue weighted by Crippen LogP contribution is -2.18. The monoisotopic (exact) mass is 408 g/mol. The van der Waals surface area contributed by atoms with Gasteiger partial charge in [0.25, 0.3) is 0 Å². The minimum Gasteiger partial charge on any atom is -0.306 e. The summed E-state index contributed by atoms with van der Waals surface area (Å²) >= 11 is 1.47. The summed E-state index contributed by atoms with van der Waals surface area (Å²) in [6.45, 7) is 7.24. The van der Waals surface area contributed by atoms with Crippen molar-refractivity contribution in [2.24, 2.45) is 0 Å². The Kier molecular flexibility index (Phi) is 6.40. The maximum Gasteiger partial charge on any atom is 0.248 e. The number of pyridine rings is 1. The highest BCUT2D eigenvalue weighted by Gasteiger charge is 2.18. The number of aryl methyl sites for hydroxylation is 1. The number of thiazole rings is 1. The molecule has 148 valence electrons. The average molecular weight is 408 g/mol. The van der Waals surface area contributed by atoms with Crippen molar-refractivity contribution in [1.82, 2.24) is 19.9 Å². The molecule has 9 heteroatoms.